The molecule has 0 atom stereocenters. The van der Waals surface area contributed by atoms with Crippen LogP contribution in [0.1, 0.15) is 7.43 Å². The minimum atomic E-state index is -4.64. The van der Waals surface area contributed by atoms with Crippen LogP contribution in [0.2, 0.25) is 0 Å². The molecule has 0 aliphatic heterocycles. The summed E-state index contributed by atoms with van der Waals surface area (Å²) in [5, 5.41) is 0. The zero-order valence-electron chi connectivity index (χ0n) is 4.32. The minimum Gasteiger partial charge on any atom is -0.344 e. The smallest absolute Gasteiger partial charge is 0.344 e. The molecule has 0 amide bonds. The molecule has 0 radical (unpaired) electrons. The van der Waals surface area contributed by atoms with Crippen molar-refractivity contribution >= 4 is 7.82 Å². The van der Waals surface area contributed by atoms with E-state index in [0.717, 1.165) is 0 Å². The summed E-state index contributed by atoms with van der Waals surface area (Å²) in [6, 6.07) is 0. The van der Waals surface area contributed by atoms with Gasteiger partial charge >= 0.3 is 7.82 Å². The van der Waals surface area contributed by atoms with E-state index in [4.69, 9.17) is 19.2 Å². The molecular weight excluding hydrogens is 149 g/mol. The van der Waals surface area contributed by atoms with Crippen molar-refractivity contribution in [1.29, 1.82) is 0 Å². The first-order valence-electron chi connectivity index (χ1n) is 0.783. The molecule has 0 fully saturated rings. The van der Waals surface area contributed by atoms with Crippen LogP contribution in [-0.4, -0.2) is 14.7 Å². The average molecular weight is 165 g/mol. The van der Waals surface area contributed by atoms with Gasteiger partial charge in [-0.25, -0.2) is 4.57 Å². The molecule has 0 bridgehead atoms. The van der Waals surface area contributed by atoms with Gasteiger partial charge < -0.3 is 33.1 Å². The van der Waals surface area contributed by atoms with Gasteiger partial charge in [-0.15, -0.1) is 0 Å². The summed E-state index contributed by atoms with van der Waals surface area (Å²) in [6.07, 6.45) is 0. The molecule has 0 unspecified atom stereocenters. The quantitative estimate of drug-likeness (QED) is 0.276. The predicted octanol–water partition coefficient (Wildman–Crippen LogP) is 0.193. The summed E-state index contributed by atoms with van der Waals surface area (Å²) in [5.74, 6) is 0. The molecule has 9 heavy (non-hydrogen) atoms. The lowest BCUT2D eigenvalue weighted by molar-refractivity contribution is 0.275. The first kappa shape index (κ1) is 36.1. The Balaban J connectivity index is -0.0000000133. The Kier molecular flexibility index (Phi) is 43.6. The molecule has 0 aromatic carbocycles. The third-order valence-corrected chi connectivity index (χ3v) is 0. The van der Waals surface area contributed by atoms with Crippen molar-refractivity contribution in [3.63, 3.8) is 0 Å². The number of hydrogen-bond donors (Lipinski definition) is 6. The summed E-state index contributed by atoms with van der Waals surface area (Å²) in [6.45, 7) is 0. The van der Waals surface area contributed by atoms with E-state index in [-0.39, 0.29) is 25.9 Å². The van der Waals surface area contributed by atoms with Gasteiger partial charge in [-0.1, -0.05) is 7.43 Å². The van der Waals surface area contributed by atoms with Crippen molar-refractivity contribution in [2.24, 2.45) is 0 Å². The topological polar surface area (TPSA) is 183 Å². The van der Waals surface area contributed by atoms with Crippen LogP contribution in [0.3, 0.4) is 0 Å². The second kappa shape index (κ2) is 10.9. The fourth-order valence-electron chi connectivity index (χ4n) is 0. The minimum absolute atomic E-state index is 0. The van der Waals surface area contributed by atoms with E-state index in [2.05, 4.69) is 0 Å². The molecule has 0 spiro atoms. The fourth-order valence-corrected chi connectivity index (χ4v) is 0. The number of hydrogen-bond acceptors (Lipinski definition) is 4. The average Bonchev–Trinajstić information content (AvgIpc) is 0.722. The summed E-state index contributed by atoms with van der Waals surface area (Å²) >= 11 is 0. The molecule has 0 aromatic rings. The monoisotopic (exact) mass is 165 g/mol. The van der Waals surface area contributed by atoms with Crippen LogP contribution in [0.25, 0.3) is 0 Å². The van der Waals surface area contributed by atoms with Crippen molar-refractivity contribution in [2.75, 3.05) is 0 Å². The molecule has 0 saturated heterocycles. The van der Waals surface area contributed by atoms with E-state index in [1.165, 1.54) is 0 Å². The van der Waals surface area contributed by atoms with E-state index >= 15 is 0 Å². The van der Waals surface area contributed by atoms with Gasteiger partial charge in [0.1, 0.15) is 0 Å². The molecule has 7 nitrogen and oxygen atoms in total. The lowest BCUT2D eigenvalue weighted by Crippen LogP contribution is -1.66. The van der Waals surface area contributed by atoms with Gasteiger partial charge in [-0.05, 0) is 0 Å². The highest BCUT2D eigenvalue weighted by molar-refractivity contribution is 7.45. The molecule has 8 heteroatoms. The van der Waals surface area contributed by atoms with Crippen molar-refractivity contribution in [3.05, 3.63) is 0 Å². The highest BCUT2D eigenvalue weighted by Gasteiger charge is 2.00. The van der Waals surface area contributed by atoms with Gasteiger partial charge in [0.2, 0.25) is 0 Å². The lowest BCUT2D eigenvalue weighted by Gasteiger charge is -1.82. The first-order valence-corrected chi connectivity index (χ1v) is 2.35. The van der Waals surface area contributed by atoms with Gasteiger partial charge in [0, 0.05) is 0 Å². The van der Waals surface area contributed by atoms with E-state index in [0.29, 0.717) is 0 Å². The SMILES string of the molecule is C.N.N.N.O=P(O)(O)O. The van der Waals surface area contributed by atoms with Crippen LogP contribution < -0.4 is 18.5 Å². The molecule has 0 rings (SSSR count). The van der Waals surface area contributed by atoms with E-state index in [9.17, 15) is 0 Å². The zero-order valence-corrected chi connectivity index (χ0v) is 5.21. The van der Waals surface area contributed by atoms with Crippen LogP contribution >= 0.6 is 7.82 Å². The Labute approximate surface area is 54.1 Å². The molecule has 12 N–H and O–H groups in total. The van der Waals surface area contributed by atoms with Crippen LogP contribution in [0, 0.1) is 0 Å². The Morgan fingerprint density at radius 3 is 0.889 bits per heavy atom. The molecular formula is CH16N3O4P. The molecule has 0 aliphatic carbocycles. The molecule has 0 saturated carbocycles. The summed E-state index contributed by atoms with van der Waals surface area (Å²) < 4.78 is 8.88. The number of phosphoric acid groups is 1. The Bertz CT molecular complexity index is 61.9. The van der Waals surface area contributed by atoms with Crippen LogP contribution in [-0.2, 0) is 4.57 Å². The second-order valence-electron chi connectivity index (χ2n) is 0.513. The van der Waals surface area contributed by atoms with E-state index in [1.807, 2.05) is 0 Å². The van der Waals surface area contributed by atoms with Gasteiger partial charge in [0.05, 0.1) is 0 Å². The Morgan fingerprint density at radius 2 is 0.889 bits per heavy atom. The van der Waals surface area contributed by atoms with Crippen molar-refractivity contribution in [2.45, 2.75) is 7.43 Å². The molecule has 0 heterocycles. The van der Waals surface area contributed by atoms with Gasteiger partial charge in [-0.2, -0.15) is 0 Å². The Morgan fingerprint density at radius 1 is 0.889 bits per heavy atom. The summed E-state index contributed by atoms with van der Waals surface area (Å²) in [7, 11) is -4.64. The summed E-state index contributed by atoms with van der Waals surface area (Å²) in [4.78, 5) is 21.6. The largest absolute Gasteiger partial charge is 0.466 e. The molecule has 64 valence electrons. The summed E-state index contributed by atoms with van der Waals surface area (Å²) in [5.41, 5.74) is 0. The number of rotatable bonds is 0. The third-order valence-electron chi connectivity index (χ3n) is 0. The zero-order chi connectivity index (χ0) is 4.50. The van der Waals surface area contributed by atoms with Crippen molar-refractivity contribution < 1.29 is 19.2 Å². The van der Waals surface area contributed by atoms with Crippen LogP contribution in [0.4, 0.5) is 0 Å². The van der Waals surface area contributed by atoms with Gasteiger partial charge in [-0.3, -0.25) is 0 Å². The maximum absolute atomic E-state index is 8.88. The molecule has 0 aliphatic rings. The standard InChI is InChI=1S/CH4.3H3N.H3O4P/c;;;;1-5(2,3)4/h1H4;3*1H3;(H3,1,2,3,4). The first-order chi connectivity index (χ1) is 2.00. The van der Waals surface area contributed by atoms with Gasteiger partial charge in [0.25, 0.3) is 0 Å². The third kappa shape index (κ3) is 2870000. The van der Waals surface area contributed by atoms with E-state index in [1.54, 1.807) is 0 Å². The maximum Gasteiger partial charge on any atom is 0.466 e. The second-order valence-corrected chi connectivity index (χ2v) is 1.54. The van der Waals surface area contributed by atoms with E-state index < -0.39 is 7.82 Å². The van der Waals surface area contributed by atoms with Crippen LogP contribution in [0.5, 0.6) is 0 Å². The van der Waals surface area contributed by atoms with Gasteiger partial charge in [0.15, 0.2) is 0 Å². The maximum atomic E-state index is 8.88. The molecule has 0 aromatic heterocycles. The Hall–Kier alpha value is -0.0100. The highest BCUT2D eigenvalue weighted by Crippen LogP contribution is 2.25. The normalized spacial score (nSPS) is 6.56. The van der Waals surface area contributed by atoms with Crippen molar-refractivity contribution in [1.82, 2.24) is 18.5 Å². The predicted molar refractivity (Wildman–Crippen MR) is 36.1 cm³/mol. The van der Waals surface area contributed by atoms with Crippen molar-refractivity contribution in [3.8, 4) is 0 Å². The highest BCUT2D eigenvalue weighted by atomic mass is 31.2. The fraction of sp³-hybridized carbons (Fsp3) is 1.00. The van der Waals surface area contributed by atoms with Crippen LogP contribution in [0.15, 0.2) is 0 Å². The lowest BCUT2D eigenvalue weighted by atomic mass is 12.0.